The van der Waals surface area contributed by atoms with Gasteiger partial charge < -0.3 is 14.7 Å². The number of hydrogen-bond acceptors (Lipinski definition) is 4. The average Bonchev–Trinajstić information content (AvgIpc) is 2.80. The van der Waals surface area contributed by atoms with E-state index in [2.05, 4.69) is 9.38 Å². The normalized spacial score (nSPS) is 22.3. The minimum atomic E-state index is -1.42. The lowest BCUT2D eigenvalue weighted by atomic mass is 9.85. The van der Waals surface area contributed by atoms with Crippen LogP contribution >= 0.6 is 0 Å². The van der Waals surface area contributed by atoms with Crippen LogP contribution < -0.4 is 4.74 Å². The van der Waals surface area contributed by atoms with E-state index in [-0.39, 0.29) is 0 Å². The maximum Gasteiger partial charge on any atom is 0.407 e. The number of carbonyl (C=O) groups is 1. The molecule has 2 aliphatic heterocycles. The highest BCUT2D eigenvalue weighted by Gasteiger charge is 2.49. The van der Waals surface area contributed by atoms with Gasteiger partial charge in [0.25, 0.3) is 0 Å². The van der Waals surface area contributed by atoms with E-state index < -0.39 is 27.4 Å². The summed E-state index contributed by atoms with van der Waals surface area (Å²) < 4.78 is 22.7. The largest absolute Gasteiger partial charge is 0.478 e. The summed E-state index contributed by atoms with van der Waals surface area (Å²) >= 11 is 0. The van der Waals surface area contributed by atoms with Gasteiger partial charge in [-0.3, -0.25) is 4.98 Å². The van der Waals surface area contributed by atoms with Crippen LogP contribution in [0, 0.1) is 0 Å². The van der Waals surface area contributed by atoms with Gasteiger partial charge in [-0.05, 0) is 26.8 Å². The molecule has 0 unspecified atom stereocenters. The molecule has 3 rings (SSSR count). The molecule has 1 amide bonds. The van der Waals surface area contributed by atoms with E-state index in [4.69, 9.17) is 9.84 Å². The summed E-state index contributed by atoms with van der Waals surface area (Å²) in [5.74, 6) is 0.617. The minimum absolute atomic E-state index is 0.359. The lowest BCUT2D eigenvalue weighted by Gasteiger charge is -2.37. The molecule has 0 aromatic carbocycles. The third-order valence-electron chi connectivity index (χ3n) is 4.32. The maximum absolute atomic E-state index is 12.6. The van der Waals surface area contributed by atoms with Gasteiger partial charge >= 0.3 is 6.09 Å². The van der Waals surface area contributed by atoms with Crippen molar-refractivity contribution in [2.75, 3.05) is 13.1 Å². The van der Waals surface area contributed by atoms with Gasteiger partial charge in [0.15, 0.2) is 5.60 Å². The molecule has 3 heterocycles. The number of ether oxygens (including phenoxy) is 1. The molecule has 1 aromatic rings. The summed E-state index contributed by atoms with van der Waals surface area (Å²) in [6, 6.07) is 1.81. The lowest BCUT2D eigenvalue weighted by molar-refractivity contribution is 0.0627. The predicted octanol–water partition coefficient (Wildman–Crippen LogP) is 2.24. The topological polar surface area (TPSA) is 92.1 Å². The van der Waals surface area contributed by atoms with Crippen LogP contribution in [0.5, 0.6) is 5.75 Å². The molecule has 24 heavy (non-hydrogen) atoms. The van der Waals surface area contributed by atoms with Gasteiger partial charge in [-0.25, -0.2) is 9.00 Å². The number of carboxylic acid groups (broad SMARTS) is 1. The zero-order chi connectivity index (χ0) is 17.5. The second kappa shape index (κ2) is 5.84. The average molecular weight is 351 g/mol. The number of hydrogen-bond donors (Lipinski definition) is 1. The summed E-state index contributed by atoms with van der Waals surface area (Å²) in [5.41, 5.74) is 0.725. The van der Waals surface area contributed by atoms with Crippen molar-refractivity contribution < 1.29 is 18.8 Å². The molecule has 2 aliphatic rings. The van der Waals surface area contributed by atoms with Gasteiger partial charge in [-0.15, -0.1) is 0 Å². The van der Waals surface area contributed by atoms with E-state index >= 15 is 0 Å². The second-order valence-corrected chi connectivity index (χ2v) is 8.94. The van der Waals surface area contributed by atoms with Crippen LogP contribution in [0.15, 0.2) is 22.9 Å². The highest BCUT2D eigenvalue weighted by atomic mass is 32.2. The first-order valence-corrected chi connectivity index (χ1v) is 8.96. The van der Waals surface area contributed by atoms with Crippen molar-refractivity contribution in [2.24, 2.45) is 4.40 Å². The first-order valence-electron chi connectivity index (χ1n) is 7.85. The van der Waals surface area contributed by atoms with Crippen molar-refractivity contribution in [3.8, 4) is 5.75 Å². The number of aromatic nitrogens is 1. The molecular weight excluding hydrogens is 330 g/mol. The summed E-state index contributed by atoms with van der Waals surface area (Å²) in [5, 5.41) is 9.16. The van der Waals surface area contributed by atoms with Crippen molar-refractivity contribution in [1.29, 1.82) is 0 Å². The Hall–Kier alpha value is -1.96. The molecule has 1 N–H and O–H groups in total. The van der Waals surface area contributed by atoms with Gasteiger partial charge in [0.1, 0.15) is 22.4 Å². The van der Waals surface area contributed by atoms with E-state index in [9.17, 15) is 9.00 Å². The molecule has 0 saturated carbocycles. The van der Waals surface area contributed by atoms with Crippen LogP contribution in [0.3, 0.4) is 0 Å². The van der Waals surface area contributed by atoms with Crippen LogP contribution in [0.1, 0.15) is 39.2 Å². The van der Waals surface area contributed by atoms with Crippen molar-refractivity contribution in [1.82, 2.24) is 9.88 Å². The fraction of sp³-hybridized carbons (Fsp3) is 0.562. The number of piperidine rings is 1. The Kier molecular flexibility index (Phi) is 4.11. The Bertz CT molecular complexity index is 718. The quantitative estimate of drug-likeness (QED) is 0.838. The molecule has 8 heteroatoms. The smallest absolute Gasteiger partial charge is 0.407 e. The number of likely N-dealkylation sites (tertiary alicyclic amines) is 1. The molecule has 1 atom stereocenters. The number of rotatable bonds is 1. The zero-order valence-corrected chi connectivity index (χ0v) is 14.8. The standard InChI is InChI=1S/C16H21N3O4S/c1-15(2,3)24(22)18-13-11-4-7-17-10-12(11)23-16(13)5-8-19(9-6-16)14(20)21/h4,7,10H,5-6,8-9H2,1-3H3,(H,20,21)/t24-/m0/s1. The van der Waals surface area contributed by atoms with Gasteiger partial charge in [0.05, 0.1) is 10.9 Å². The fourth-order valence-electron chi connectivity index (χ4n) is 2.91. The Morgan fingerprint density at radius 3 is 2.67 bits per heavy atom. The molecule has 1 saturated heterocycles. The van der Waals surface area contributed by atoms with Crippen molar-refractivity contribution in [2.45, 2.75) is 44.0 Å². The molecule has 0 radical (unpaired) electrons. The summed E-state index contributed by atoms with van der Waals surface area (Å²) in [6.07, 6.45) is 3.31. The van der Waals surface area contributed by atoms with E-state index in [1.807, 2.05) is 26.8 Å². The van der Waals surface area contributed by atoms with Gasteiger partial charge in [-0.1, -0.05) is 0 Å². The summed E-state index contributed by atoms with van der Waals surface area (Å²) in [6.45, 7) is 6.33. The maximum atomic E-state index is 12.6. The van der Waals surface area contributed by atoms with Gasteiger partial charge in [0, 0.05) is 37.7 Å². The molecule has 1 fully saturated rings. The molecule has 0 aliphatic carbocycles. The number of amides is 1. The molecule has 7 nitrogen and oxygen atoms in total. The summed E-state index contributed by atoms with van der Waals surface area (Å²) in [7, 11) is -1.42. The molecular formula is C16H21N3O4S. The highest BCUT2D eigenvalue weighted by Crippen LogP contribution is 2.41. The van der Waals surface area contributed by atoms with Crippen molar-refractivity contribution in [3.05, 3.63) is 24.0 Å². The zero-order valence-electron chi connectivity index (χ0n) is 14.0. The van der Waals surface area contributed by atoms with Crippen LogP contribution in [0.25, 0.3) is 0 Å². The van der Waals surface area contributed by atoms with Crippen LogP contribution in [-0.2, 0) is 11.0 Å². The molecule has 130 valence electrons. The first kappa shape index (κ1) is 16.9. The fourth-order valence-corrected chi connectivity index (χ4v) is 3.62. The SMILES string of the molecule is CC(C)(C)[S@](=O)N=C1c2ccncc2OC12CCN(C(=O)O)CC2. The highest BCUT2D eigenvalue weighted by molar-refractivity contribution is 7.85. The van der Waals surface area contributed by atoms with E-state index in [1.165, 1.54) is 4.90 Å². The monoisotopic (exact) mass is 351 g/mol. The predicted molar refractivity (Wildman–Crippen MR) is 90.9 cm³/mol. The Morgan fingerprint density at radius 2 is 2.08 bits per heavy atom. The van der Waals surface area contributed by atoms with Crippen LogP contribution in [-0.4, -0.2) is 54.4 Å². The van der Waals surface area contributed by atoms with Crippen LogP contribution in [0.2, 0.25) is 0 Å². The third kappa shape index (κ3) is 2.90. The van der Waals surface area contributed by atoms with E-state index in [0.29, 0.717) is 37.4 Å². The molecule has 1 spiro atoms. The van der Waals surface area contributed by atoms with Gasteiger partial charge in [-0.2, -0.15) is 4.40 Å². The second-order valence-electron chi connectivity index (χ2n) is 7.04. The van der Waals surface area contributed by atoms with E-state index in [1.54, 1.807) is 12.4 Å². The Balaban J connectivity index is 1.99. The van der Waals surface area contributed by atoms with Crippen LogP contribution in [0.4, 0.5) is 4.79 Å². The van der Waals surface area contributed by atoms with Gasteiger partial charge in [0.2, 0.25) is 0 Å². The number of fused-ring (bicyclic) bond motifs is 1. The Morgan fingerprint density at radius 1 is 1.42 bits per heavy atom. The Labute approximate surface area is 143 Å². The van der Waals surface area contributed by atoms with Crippen molar-refractivity contribution in [3.63, 3.8) is 0 Å². The summed E-state index contributed by atoms with van der Waals surface area (Å²) in [4.78, 5) is 16.6. The molecule has 0 bridgehead atoms. The molecule has 1 aromatic heterocycles. The first-order chi connectivity index (χ1) is 11.2. The number of nitrogens with zero attached hydrogens (tertiary/aromatic N) is 3. The third-order valence-corrected chi connectivity index (χ3v) is 5.71. The van der Waals surface area contributed by atoms with Crippen molar-refractivity contribution >= 4 is 22.8 Å². The number of pyridine rings is 1. The lowest BCUT2D eigenvalue weighted by Crippen LogP contribution is -2.52. The minimum Gasteiger partial charge on any atom is -0.478 e. The van der Waals surface area contributed by atoms with E-state index in [0.717, 1.165) is 5.56 Å².